The van der Waals surface area contributed by atoms with Crippen LogP contribution >= 0.6 is 22.6 Å². The molecule has 1 heterocycles. The molecule has 0 fully saturated rings. The third-order valence-electron chi connectivity index (χ3n) is 2.15. The average molecular weight is 327 g/mol. The first kappa shape index (κ1) is 11.3. The Morgan fingerprint density at radius 3 is 2.94 bits per heavy atom. The molecule has 1 aromatic carbocycles. The quantitative estimate of drug-likeness (QED) is 0.629. The zero-order valence-electron chi connectivity index (χ0n) is 8.74. The molecule has 0 aliphatic rings. The summed E-state index contributed by atoms with van der Waals surface area (Å²) in [6.45, 7) is 2.15. The molecular weight excluding hydrogens is 317 g/mol. The second-order valence-electron chi connectivity index (χ2n) is 3.23. The van der Waals surface area contributed by atoms with Gasteiger partial charge in [0.1, 0.15) is 0 Å². The van der Waals surface area contributed by atoms with Crippen molar-refractivity contribution in [3.05, 3.63) is 39.6 Å². The van der Waals surface area contributed by atoms with Crippen molar-refractivity contribution in [3.8, 4) is 0 Å². The van der Waals surface area contributed by atoms with Crippen LogP contribution in [0.15, 0.2) is 30.3 Å². The minimum Gasteiger partial charge on any atom is -0.461 e. The second-order valence-corrected chi connectivity index (χ2v) is 4.39. The molecule has 0 saturated carbocycles. The van der Waals surface area contributed by atoms with E-state index < -0.39 is 0 Å². The van der Waals surface area contributed by atoms with Crippen LogP contribution in [0, 0.1) is 3.57 Å². The van der Waals surface area contributed by atoms with Gasteiger partial charge in [0.15, 0.2) is 5.69 Å². The summed E-state index contributed by atoms with van der Waals surface area (Å²) in [6.07, 6.45) is 0. The molecule has 2 aromatic rings. The van der Waals surface area contributed by atoms with Crippen molar-refractivity contribution < 1.29 is 9.53 Å². The number of rotatable bonds is 2. The number of nitrogens with zero attached hydrogens (tertiary/aromatic N) is 1. The molecule has 0 saturated heterocycles. The predicted molar refractivity (Wildman–Crippen MR) is 70.4 cm³/mol. The lowest BCUT2D eigenvalue weighted by molar-refractivity contribution is 0.0518. The van der Waals surface area contributed by atoms with Crippen LogP contribution in [0.5, 0.6) is 0 Å². The Morgan fingerprint density at radius 2 is 2.19 bits per heavy atom. The molecule has 0 spiro atoms. The van der Waals surface area contributed by atoms with Gasteiger partial charge in [0.25, 0.3) is 0 Å². The molecule has 0 unspecified atom stereocenters. The maximum absolute atomic E-state index is 11.6. The Bertz CT molecular complexity index is 540. The summed E-state index contributed by atoms with van der Waals surface area (Å²) in [7, 11) is 0. The number of pyridine rings is 1. The molecule has 0 aliphatic carbocycles. The van der Waals surface area contributed by atoms with Crippen LogP contribution in [0.3, 0.4) is 0 Å². The molecule has 82 valence electrons. The van der Waals surface area contributed by atoms with E-state index in [1.807, 2.05) is 30.3 Å². The van der Waals surface area contributed by atoms with Crippen molar-refractivity contribution in [2.45, 2.75) is 6.92 Å². The van der Waals surface area contributed by atoms with Crippen molar-refractivity contribution in [1.29, 1.82) is 0 Å². The van der Waals surface area contributed by atoms with Gasteiger partial charge >= 0.3 is 5.97 Å². The van der Waals surface area contributed by atoms with Gasteiger partial charge in [0.05, 0.1) is 12.1 Å². The van der Waals surface area contributed by atoms with E-state index in [0.717, 1.165) is 14.5 Å². The number of hydrogen-bond acceptors (Lipinski definition) is 3. The second kappa shape index (κ2) is 4.78. The zero-order valence-corrected chi connectivity index (χ0v) is 10.9. The highest BCUT2D eigenvalue weighted by molar-refractivity contribution is 14.1. The number of aromatic nitrogens is 1. The number of fused-ring (bicyclic) bond motifs is 1. The van der Waals surface area contributed by atoms with Crippen LogP contribution in [0.2, 0.25) is 0 Å². The fourth-order valence-corrected chi connectivity index (χ4v) is 2.11. The number of hydrogen-bond donors (Lipinski definition) is 0. The molecule has 0 radical (unpaired) electrons. The number of para-hydroxylation sites is 1. The molecule has 2 rings (SSSR count). The highest BCUT2D eigenvalue weighted by atomic mass is 127. The first-order valence-corrected chi connectivity index (χ1v) is 6.02. The van der Waals surface area contributed by atoms with Gasteiger partial charge in [0.2, 0.25) is 0 Å². The largest absolute Gasteiger partial charge is 0.461 e. The Hall–Kier alpha value is -1.17. The SMILES string of the molecule is CCOC(=O)c1nc2ccccc2cc1I. The number of halogens is 1. The summed E-state index contributed by atoms with van der Waals surface area (Å²) in [5, 5.41) is 1.03. The molecule has 0 amide bonds. The van der Waals surface area contributed by atoms with Gasteiger partial charge in [-0.05, 0) is 41.6 Å². The van der Waals surface area contributed by atoms with Crippen LogP contribution < -0.4 is 0 Å². The Labute approximate surface area is 107 Å². The Balaban J connectivity index is 2.54. The smallest absolute Gasteiger partial charge is 0.358 e. The molecule has 0 bridgehead atoms. The highest BCUT2D eigenvalue weighted by Crippen LogP contribution is 2.18. The molecule has 1 aromatic heterocycles. The normalized spacial score (nSPS) is 10.4. The van der Waals surface area contributed by atoms with E-state index in [1.165, 1.54) is 0 Å². The summed E-state index contributed by atoms with van der Waals surface area (Å²) >= 11 is 2.10. The lowest BCUT2D eigenvalue weighted by Crippen LogP contribution is -2.09. The molecule has 0 aliphatic heterocycles. The third-order valence-corrected chi connectivity index (χ3v) is 2.97. The van der Waals surface area contributed by atoms with E-state index in [4.69, 9.17) is 4.74 Å². The number of esters is 1. The third kappa shape index (κ3) is 2.16. The molecule has 4 heteroatoms. The van der Waals surface area contributed by atoms with Gasteiger partial charge in [-0.2, -0.15) is 0 Å². The molecule has 3 nitrogen and oxygen atoms in total. The monoisotopic (exact) mass is 327 g/mol. The summed E-state index contributed by atoms with van der Waals surface area (Å²) < 4.78 is 5.77. The summed E-state index contributed by atoms with van der Waals surface area (Å²) in [5.41, 5.74) is 1.20. The van der Waals surface area contributed by atoms with E-state index in [1.54, 1.807) is 6.92 Å². The minimum atomic E-state index is -0.363. The van der Waals surface area contributed by atoms with Gasteiger partial charge in [-0.15, -0.1) is 0 Å². The van der Waals surface area contributed by atoms with E-state index in [0.29, 0.717) is 12.3 Å². The van der Waals surface area contributed by atoms with E-state index >= 15 is 0 Å². The predicted octanol–water partition coefficient (Wildman–Crippen LogP) is 3.02. The van der Waals surface area contributed by atoms with Gasteiger partial charge in [0, 0.05) is 8.96 Å². The van der Waals surface area contributed by atoms with Crippen LogP contribution in [0.4, 0.5) is 0 Å². The van der Waals surface area contributed by atoms with Crippen molar-refractivity contribution in [3.63, 3.8) is 0 Å². The summed E-state index contributed by atoms with van der Waals surface area (Å²) in [5.74, 6) is -0.363. The molecule has 16 heavy (non-hydrogen) atoms. The average Bonchev–Trinajstić information content (AvgIpc) is 2.28. The number of benzene rings is 1. The minimum absolute atomic E-state index is 0.363. The lowest BCUT2D eigenvalue weighted by atomic mass is 10.2. The van der Waals surface area contributed by atoms with Crippen molar-refractivity contribution >= 4 is 39.5 Å². The van der Waals surface area contributed by atoms with Crippen LogP contribution in [0.1, 0.15) is 17.4 Å². The molecular formula is C12H10INO2. The van der Waals surface area contributed by atoms with E-state index in [2.05, 4.69) is 27.6 Å². The van der Waals surface area contributed by atoms with Crippen LogP contribution in [-0.4, -0.2) is 17.6 Å². The van der Waals surface area contributed by atoms with Crippen molar-refractivity contribution in [2.75, 3.05) is 6.61 Å². The number of ether oxygens (including phenoxy) is 1. The summed E-state index contributed by atoms with van der Waals surface area (Å²) in [4.78, 5) is 15.9. The van der Waals surface area contributed by atoms with Crippen molar-refractivity contribution in [2.24, 2.45) is 0 Å². The maximum Gasteiger partial charge on any atom is 0.358 e. The fourth-order valence-electron chi connectivity index (χ4n) is 1.43. The zero-order chi connectivity index (χ0) is 11.5. The molecule has 0 atom stereocenters. The number of carbonyl (C=O) groups is 1. The van der Waals surface area contributed by atoms with Crippen molar-refractivity contribution in [1.82, 2.24) is 4.98 Å². The fraction of sp³-hybridized carbons (Fsp3) is 0.167. The van der Waals surface area contributed by atoms with Gasteiger partial charge in [-0.3, -0.25) is 0 Å². The van der Waals surface area contributed by atoms with Gasteiger partial charge in [-0.25, -0.2) is 9.78 Å². The maximum atomic E-state index is 11.6. The van der Waals surface area contributed by atoms with Crippen LogP contribution in [0.25, 0.3) is 10.9 Å². The molecule has 0 N–H and O–H groups in total. The van der Waals surface area contributed by atoms with Gasteiger partial charge < -0.3 is 4.74 Å². The van der Waals surface area contributed by atoms with Gasteiger partial charge in [-0.1, -0.05) is 18.2 Å². The van der Waals surface area contributed by atoms with E-state index in [9.17, 15) is 4.79 Å². The highest BCUT2D eigenvalue weighted by Gasteiger charge is 2.13. The lowest BCUT2D eigenvalue weighted by Gasteiger charge is -2.05. The van der Waals surface area contributed by atoms with Crippen LogP contribution in [-0.2, 0) is 4.74 Å². The Kier molecular flexibility index (Phi) is 3.38. The standard InChI is InChI=1S/C12H10INO2/c1-2-16-12(15)11-9(13)7-8-5-3-4-6-10(8)14-11/h3-7H,2H2,1H3. The topological polar surface area (TPSA) is 39.2 Å². The Morgan fingerprint density at radius 1 is 1.44 bits per heavy atom. The number of carbonyl (C=O) groups excluding carboxylic acids is 1. The first-order chi connectivity index (χ1) is 7.72. The summed E-state index contributed by atoms with van der Waals surface area (Å²) in [6, 6.07) is 9.64. The van der Waals surface area contributed by atoms with E-state index in [-0.39, 0.29) is 5.97 Å². The first-order valence-electron chi connectivity index (χ1n) is 4.94.